The number of rotatable bonds is 3. The van der Waals surface area contributed by atoms with Gasteiger partial charge in [0, 0.05) is 12.1 Å². The molecule has 1 saturated carbocycles. The topological polar surface area (TPSA) is 12.0 Å². The van der Waals surface area contributed by atoms with Crippen LogP contribution in [-0.2, 0) is 12.8 Å². The van der Waals surface area contributed by atoms with E-state index in [2.05, 4.69) is 30.4 Å². The van der Waals surface area contributed by atoms with Crippen LogP contribution in [-0.4, -0.2) is 6.04 Å². The molecule has 0 bridgehead atoms. The third-order valence-electron chi connectivity index (χ3n) is 3.69. The monoisotopic (exact) mass is 201 g/mol. The van der Waals surface area contributed by atoms with E-state index in [1.54, 1.807) is 11.1 Å². The number of aryl methyl sites for hydroxylation is 2. The van der Waals surface area contributed by atoms with E-state index in [1.807, 2.05) is 0 Å². The first kappa shape index (κ1) is 9.41. The molecule has 2 aliphatic carbocycles. The highest BCUT2D eigenvalue weighted by atomic mass is 15.0. The van der Waals surface area contributed by atoms with Gasteiger partial charge in [-0.05, 0) is 55.7 Å². The molecular weight excluding hydrogens is 182 g/mol. The molecule has 0 spiro atoms. The Morgan fingerprint density at radius 1 is 1.20 bits per heavy atom. The normalized spacial score (nSPS) is 21.4. The van der Waals surface area contributed by atoms with E-state index in [9.17, 15) is 0 Å². The standard InChI is InChI=1S/C14H19N/c1-10(15-14-7-8-14)12-6-5-11-3-2-4-13(11)9-12/h5-6,9-10,14-15H,2-4,7-8H2,1H3. The predicted molar refractivity (Wildman–Crippen MR) is 63.0 cm³/mol. The van der Waals surface area contributed by atoms with Gasteiger partial charge in [0.15, 0.2) is 0 Å². The van der Waals surface area contributed by atoms with Crippen molar-refractivity contribution in [3.8, 4) is 0 Å². The van der Waals surface area contributed by atoms with Crippen LogP contribution in [0.1, 0.15) is 48.9 Å². The zero-order chi connectivity index (χ0) is 10.3. The van der Waals surface area contributed by atoms with Gasteiger partial charge in [-0.1, -0.05) is 18.2 Å². The Balaban J connectivity index is 1.78. The lowest BCUT2D eigenvalue weighted by Gasteiger charge is -2.14. The van der Waals surface area contributed by atoms with Gasteiger partial charge in [0.1, 0.15) is 0 Å². The molecule has 0 amide bonds. The Labute approximate surface area is 91.9 Å². The molecule has 80 valence electrons. The summed E-state index contributed by atoms with van der Waals surface area (Å²) in [6, 6.07) is 8.40. The number of fused-ring (bicyclic) bond motifs is 1. The van der Waals surface area contributed by atoms with Crippen molar-refractivity contribution >= 4 is 0 Å². The molecule has 15 heavy (non-hydrogen) atoms. The molecule has 1 atom stereocenters. The maximum Gasteiger partial charge on any atom is 0.0294 e. The summed E-state index contributed by atoms with van der Waals surface area (Å²) in [7, 11) is 0. The van der Waals surface area contributed by atoms with Gasteiger partial charge in [-0.3, -0.25) is 0 Å². The van der Waals surface area contributed by atoms with Gasteiger partial charge in [0.2, 0.25) is 0 Å². The second-order valence-electron chi connectivity index (χ2n) is 5.04. The molecule has 0 saturated heterocycles. The smallest absolute Gasteiger partial charge is 0.0294 e. The van der Waals surface area contributed by atoms with E-state index in [1.165, 1.54) is 37.7 Å². The summed E-state index contributed by atoms with van der Waals surface area (Å²) in [4.78, 5) is 0. The Morgan fingerprint density at radius 3 is 2.80 bits per heavy atom. The van der Waals surface area contributed by atoms with Crippen molar-refractivity contribution in [2.45, 2.75) is 51.1 Å². The first-order valence-electron chi connectivity index (χ1n) is 6.21. The summed E-state index contributed by atoms with van der Waals surface area (Å²) in [5, 5.41) is 3.66. The average molecular weight is 201 g/mol. The molecule has 0 heterocycles. The lowest BCUT2D eigenvalue weighted by atomic mass is 10.0. The number of hydrogen-bond acceptors (Lipinski definition) is 1. The van der Waals surface area contributed by atoms with Crippen LogP contribution in [0.15, 0.2) is 18.2 Å². The Morgan fingerprint density at radius 2 is 2.00 bits per heavy atom. The quantitative estimate of drug-likeness (QED) is 0.792. The zero-order valence-corrected chi connectivity index (χ0v) is 9.42. The molecule has 1 nitrogen and oxygen atoms in total. The molecule has 1 N–H and O–H groups in total. The fraction of sp³-hybridized carbons (Fsp3) is 0.571. The highest BCUT2D eigenvalue weighted by Crippen LogP contribution is 2.28. The summed E-state index contributed by atoms with van der Waals surface area (Å²) in [6.45, 7) is 2.29. The maximum absolute atomic E-state index is 3.66. The largest absolute Gasteiger partial charge is 0.307 e. The summed E-state index contributed by atoms with van der Waals surface area (Å²) in [5.41, 5.74) is 4.65. The van der Waals surface area contributed by atoms with Crippen LogP contribution < -0.4 is 5.32 Å². The fourth-order valence-corrected chi connectivity index (χ4v) is 2.56. The first-order valence-corrected chi connectivity index (χ1v) is 6.21. The van der Waals surface area contributed by atoms with E-state index in [0.717, 1.165) is 6.04 Å². The minimum absolute atomic E-state index is 0.531. The maximum atomic E-state index is 3.66. The lowest BCUT2D eigenvalue weighted by molar-refractivity contribution is 0.570. The molecule has 3 rings (SSSR count). The molecule has 0 aliphatic heterocycles. The number of benzene rings is 1. The van der Waals surface area contributed by atoms with Crippen molar-refractivity contribution in [3.05, 3.63) is 34.9 Å². The van der Waals surface area contributed by atoms with Crippen molar-refractivity contribution < 1.29 is 0 Å². The van der Waals surface area contributed by atoms with Crippen molar-refractivity contribution in [2.24, 2.45) is 0 Å². The molecule has 1 heteroatoms. The second kappa shape index (κ2) is 3.64. The van der Waals surface area contributed by atoms with Crippen LogP contribution in [0.25, 0.3) is 0 Å². The minimum atomic E-state index is 0.531. The molecule has 0 radical (unpaired) electrons. The second-order valence-corrected chi connectivity index (χ2v) is 5.04. The Kier molecular flexibility index (Phi) is 2.28. The van der Waals surface area contributed by atoms with Crippen LogP contribution in [0.4, 0.5) is 0 Å². The average Bonchev–Trinajstić information content (AvgIpc) is 2.94. The van der Waals surface area contributed by atoms with Gasteiger partial charge in [0.05, 0.1) is 0 Å². The van der Waals surface area contributed by atoms with Gasteiger partial charge >= 0.3 is 0 Å². The molecule has 1 aromatic rings. The van der Waals surface area contributed by atoms with E-state index < -0.39 is 0 Å². The zero-order valence-electron chi connectivity index (χ0n) is 9.42. The summed E-state index contributed by atoms with van der Waals surface area (Å²) >= 11 is 0. The van der Waals surface area contributed by atoms with Crippen LogP contribution in [0.3, 0.4) is 0 Å². The van der Waals surface area contributed by atoms with E-state index in [0.29, 0.717) is 6.04 Å². The molecule has 1 unspecified atom stereocenters. The van der Waals surface area contributed by atoms with Gasteiger partial charge in [-0.2, -0.15) is 0 Å². The van der Waals surface area contributed by atoms with Gasteiger partial charge in [-0.25, -0.2) is 0 Å². The highest BCUT2D eigenvalue weighted by Gasteiger charge is 2.23. The Hall–Kier alpha value is -0.820. The van der Waals surface area contributed by atoms with Crippen molar-refractivity contribution in [2.75, 3.05) is 0 Å². The fourth-order valence-electron chi connectivity index (χ4n) is 2.56. The molecule has 1 aromatic carbocycles. The lowest BCUT2D eigenvalue weighted by Crippen LogP contribution is -2.20. The molecule has 0 aromatic heterocycles. The third kappa shape index (κ3) is 1.93. The minimum Gasteiger partial charge on any atom is -0.307 e. The summed E-state index contributed by atoms with van der Waals surface area (Å²) in [6.07, 6.45) is 6.67. The molecule has 2 aliphatic rings. The van der Waals surface area contributed by atoms with Crippen LogP contribution >= 0.6 is 0 Å². The SMILES string of the molecule is CC(NC1CC1)c1ccc2c(c1)CCC2. The van der Waals surface area contributed by atoms with E-state index >= 15 is 0 Å². The van der Waals surface area contributed by atoms with Crippen LogP contribution in [0, 0.1) is 0 Å². The first-order chi connectivity index (χ1) is 7.33. The van der Waals surface area contributed by atoms with Gasteiger partial charge in [0.25, 0.3) is 0 Å². The van der Waals surface area contributed by atoms with Gasteiger partial charge in [-0.15, -0.1) is 0 Å². The van der Waals surface area contributed by atoms with E-state index in [-0.39, 0.29) is 0 Å². The molecular formula is C14H19N. The number of nitrogens with one attached hydrogen (secondary N) is 1. The number of hydrogen-bond donors (Lipinski definition) is 1. The van der Waals surface area contributed by atoms with Crippen molar-refractivity contribution in [3.63, 3.8) is 0 Å². The molecule has 1 fully saturated rings. The third-order valence-corrected chi connectivity index (χ3v) is 3.69. The van der Waals surface area contributed by atoms with Crippen LogP contribution in [0.5, 0.6) is 0 Å². The van der Waals surface area contributed by atoms with Crippen LogP contribution in [0.2, 0.25) is 0 Å². The highest BCUT2D eigenvalue weighted by molar-refractivity contribution is 5.36. The summed E-state index contributed by atoms with van der Waals surface area (Å²) in [5.74, 6) is 0. The predicted octanol–water partition coefficient (Wildman–Crippen LogP) is 2.99. The van der Waals surface area contributed by atoms with Crippen molar-refractivity contribution in [1.29, 1.82) is 0 Å². The summed E-state index contributed by atoms with van der Waals surface area (Å²) < 4.78 is 0. The van der Waals surface area contributed by atoms with Crippen molar-refractivity contribution in [1.82, 2.24) is 5.32 Å². The Bertz CT molecular complexity index is 366. The van der Waals surface area contributed by atoms with Gasteiger partial charge < -0.3 is 5.32 Å². The van der Waals surface area contributed by atoms with E-state index in [4.69, 9.17) is 0 Å².